The van der Waals surface area contributed by atoms with E-state index in [2.05, 4.69) is 10.6 Å². The van der Waals surface area contributed by atoms with Crippen LogP contribution in [0.15, 0.2) is 71.6 Å². The van der Waals surface area contributed by atoms with E-state index in [1.54, 1.807) is 23.1 Å². The summed E-state index contributed by atoms with van der Waals surface area (Å²) in [6, 6.07) is 15.6. The Morgan fingerprint density at radius 2 is 1.76 bits per heavy atom. The number of fused-ring (bicyclic) bond motifs is 1. The Morgan fingerprint density at radius 1 is 1.05 bits per heavy atom. The summed E-state index contributed by atoms with van der Waals surface area (Å²) in [5, 5.41) is 5.42. The number of thioether (sulfide) groups is 1. The summed E-state index contributed by atoms with van der Waals surface area (Å²) in [5.74, 6) is -3.06. The van der Waals surface area contributed by atoms with Gasteiger partial charge in [0.1, 0.15) is 23.7 Å². The van der Waals surface area contributed by atoms with Crippen molar-refractivity contribution in [1.29, 1.82) is 0 Å². The molecule has 0 saturated heterocycles. The van der Waals surface area contributed by atoms with Crippen LogP contribution in [0, 0.1) is 11.6 Å². The number of carbonyl (C=O) groups is 3. The van der Waals surface area contributed by atoms with Crippen LogP contribution in [0.3, 0.4) is 0 Å². The Hall–Kier alpha value is -3.47. The molecule has 3 atom stereocenters. The lowest BCUT2D eigenvalue weighted by atomic mass is 10.0. The number of halogens is 3. The maximum Gasteiger partial charge on any atom is 0.251 e. The van der Waals surface area contributed by atoms with E-state index in [0.717, 1.165) is 34.3 Å². The molecule has 3 aromatic rings. The van der Waals surface area contributed by atoms with E-state index in [4.69, 9.17) is 11.6 Å². The summed E-state index contributed by atoms with van der Waals surface area (Å²) in [6.07, 6.45) is -0.316. The predicted octanol–water partition coefficient (Wildman–Crippen LogP) is 4.59. The topological polar surface area (TPSA) is 81.8 Å². The first-order valence-corrected chi connectivity index (χ1v) is 14.3. The minimum absolute atomic E-state index is 0.137. The first-order chi connectivity index (χ1) is 19.5. The zero-order chi connectivity index (χ0) is 29.7. The van der Waals surface area contributed by atoms with E-state index < -0.39 is 40.8 Å². The molecule has 0 fully saturated rings. The third-order valence-electron chi connectivity index (χ3n) is 6.55. The Balaban J connectivity index is 1.60. The Kier molecular flexibility index (Phi) is 10.0. The fraction of sp³-hybridized carbons (Fsp3) is 0.300. The SMILES string of the molecule is C[C@H](NC(=O)Cc1cc(F)cc(F)c1)C(=O)N[C@@H]1C(=O)N(CCN(C)C)c2ccccc2S[C@@H]1c1cccc(Cl)c1. The van der Waals surface area contributed by atoms with Gasteiger partial charge in [-0.15, -0.1) is 11.8 Å². The zero-order valence-corrected chi connectivity index (χ0v) is 24.4. The van der Waals surface area contributed by atoms with Gasteiger partial charge in [0.25, 0.3) is 5.91 Å². The van der Waals surface area contributed by atoms with Crippen molar-refractivity contribution in [1.82, 2.24) is 15.5 Å². The predicted molar refractivity (Wildman–Crippen MR) is 157 cm³/mol. The molecule has 0 unspecified atom stereocenters. The number of anilines is 1. The summed E-state index contributed by atoms with van der Waals surface area (Å²) in [4.78, 5) is 44.7. The molecule has 3 amide bonds. The molecule has 1 aliphatic heterocycles. The second kappa shape index (κ2) is 13.5. The lowest BCUT2D eigenvalue weighted by Gasteiger charge is -2.30. The van der Waals surface area contributed by atoms with Crippen molar-refractivity contribution in [2.24, 2.45) is 0 Å². The highest BCUT2D eigenvalue weighted by atomic mass is 35.5. The van der Waals surface area contributed by atoms with Crippen molar-refractivity contribution in [2.45, 2.75) is 35.6 Å². The number of amides is 3. The number of para-hydroxylation sites is 1. The maximum atomic E-state index is 14.2. The summed E-state index contributed by atoms with van der Waals surface area (Å²) in [6.45, 7) is 2.48. The van der Waals surface area contributed by atoms with E-state index in [1.165, 1.54) is 18.7 Å². The fourth-order valence-corrected chi connectivity index (χ4v) is 6.08. The van der Waals surface area contributed by atoms with Crippen LogP contribution in [-0.4, -0.2) is 61.9 Å². The van der Waals surface area contributed by atoms with Crippen LogP contribution in [0.25, 0.3) is 0 Å². The van der Waals surface area contributed by atoms with Gasteiger partial charge in [0.05, 0.1) is 17.4 Å². The summed E-state index contributed by atoms with van der Waals surface area (Å²) in [7, 11) is 3.83. The average Bonchev–Trinajstić information content (AvgIpc) is 3.01. The van der Waals surface area contributed by atoms with Crippen LogP contribution in [0.4, 0.5) is 14.5 Å². The van der Waals surface area contributed by atoms with E-state index in [0.29, 0.717) is 18.1 Å². The number of nitrogens with one attached hydrogen (secondary N) is 2. The minimum atomic E-state index is -1.03. The van der Waals surface area contributed by atoms with Crippen molar-refractivity contribution >= 4 is 46.8 Å². The van der Waals surface area contributed by atoms with Gasteiger partial charge in [-0.3, -0.25) is 14.4 Å². The third-order valence-corrected chi connectivity index (χ3v) is 8.18. The van der Waals surface area contributed by atoms with E-state index in [9.17, 15) is 23.2 Å². The second-order valence-corrected chi connectivity index (χ2v) is 11.7. The molecule has 0 radical (unpaired) electrons. The number of rotatable bonds is 9. The molecule has 0 aromatic heterocycles. The van der Waals surface area contributed by atoms with Crippen LogP contribution in [-0.2, 0) is 20.8 Å². The molecule has 11 heteroatoms. The molecule has 41 heavy (non-hydrogen) atoms. The molecule has 0 spiro atoms. The van der Waals surface area contributed by atoms with Crippen molar-refractivity contribution in [3.8, 4) is 0 Å². The van der Waals surface area contributed by atoms with Gasteiger partial charge < -0.3 is 20.4 Å². The van der Waals surface area contributed by atoms with Crippen LogP contribution in [0.5, 0.6) is 0 Å². The molecule has 0 bridgehead atoms. The van der Waals surface area contributed by atoms with Crippen LogP contribution >= 0.6 is 23.4 Å². The number of likely N-dealkylation sites (N-methyl/N-ethyl adjacent to an activating group) is 1. The molecule has 4 rings (SSSR count). The lowest BCUT2D eigenvalue weighted by Crippen LogP contribution is -2.55. The highest BCUT2D eigenvalue weighted by Crippen LogP contribution is 2.46. The largest absolute Gasteiger partial charge is 0.344 e. The van der Waals surface area contributed by atoms with Crippen molar-refractivity contribution in [2.75, 3.05) is 32.1 Å². The highest BCUT2D eigenvalue weighted by molar-refractivity contribution is 7.99. The molecule has 3 aromatic carbocycles. The van der Waals surface area contributed by atoms with Crippen LogP contribution < -0.4 is 15.5 Å². The number of carbonyl (C=O) groups excluding carboxylic acids is 3. The Morgan fingerprint density at radius 3 is 2.44 bits per heavy atom. The van der Waals surface area contributed by atoms with Gasteiger partial charge in [-0.1, -0.05) is 35.9 Å². The Labute approximate surface area is 247 Å². The summed E-state index contributed by atoms with van der Waals surface area (Å²) in [5.41, 5.74) is 1.64. The maximum absolute atomic E-state index is 14.2. The van der Waals surface area contributed by atoms with Gasteiger partial charge in [-0.2, -0.15) is 0 Å². The number of hydrogen-bond donors (Lipinski definition) is 2. The molecule has 1 heterocycles. The summed E-state index contributed by atoms with van der Waals surface area (Å²) >= 11 is 7.76. The van der Waals surface area contributed by atoms with Crippen molar-refractivity contribution < 1.29 is 23.2 Å². The Bertz CT molecular complexity index is 1420. The molecule has 0 saturated carbocycles. The van der Waals surface area contributed by atoms with E-state index >= 15 is 0 Å². The van der Waals surface area contributed by atoms with Crippen LogP contribution in [0.1, 0.15) is 23.3 Å². The number of benzene rings is 3. The van der Waals surface area contributed by atoms with Gasteiger partial charge in [0.15, 0.2) is 0 Å². The highest BCUT2D eigenvalue weighted by Gasteiger charge is 2.40. The standard InChI is InChI=1S/C30H31ClF2N4O3S/c1-18(34-26(38)15-19-13-22(32)17-23(33)14-19)29(39)35-27-28(20-7-6-8-21(31)16-20)41-25-10-5-4-9-24(25)37(30(27)40)12-11-36(2)3/h4-10,13-14,16-18,27-28H,11-12,15H2,1-3H3,(H,34,38)(H,35,39)/t18-,27-,28+/m0/s1. The van der Waals surface area contributed by atoms with Gasteiger partial charge >= 0.3 is 0 Å². The minimum Gasteiger partial charge on any atom is -0.344 e. The zero-order valence-electron chi connectivity index (χ0n) is 22.9. The van der Waals surface area contributed by atoms with E-state index in [1.807, 2.05) is 49.3 Å². The second-order valence-electron chi connectivity index (χ2n) is 10.1. The average molecular weight is 601 g/mol. The molecule has 7 nitrogen and oxygen atoms in total. The number of nitrogens with zero attached hydrogens (tertiary/aromatic N) is 2. The monoisotopic (exact) mass is 600 g/mol. The molecule has 216 valence electrons. The third kappa shape index (κ3) is 7.84. The van der Waals surface area contributed by atoms with Gasteiger partial charge in [0.2, 0.25) is 11.8 Å². The van der Waals surface area contributed by atoms with Crippen molar-refractivity contribution in [3.63, 3.8) is 0 Å². The molecule has 1 aliphatic rings. The summed E-state index contributed by atoms with van der Waals surface area (Å²) < 4.78 is 27.1. The first-order valence-electron chi connectivity index (χ1n) is 13.0. The van der Waals surface area contributed by atoms with Gasteiger partial charge in [-0.25, -0.2) is 8.78 Å². The molecule has 0 aliphatic carbocycles. The van der Waals surface area contributed by atoms with Crippen molar-refractivity contribution in [3.05, 3.63) is 94.5 Å². The van der Waals surface area contributed by atoms with Gasteiger partial charge in [0, 0.05) is 29.1 Å². The number of hydrogen-bond acceptors (Lipinski definition) is 5. The van der Waals surface area contributed by atoms with Crippen LogP contribution in [0.2, 0.25) is 5.02 Å². The first kappa shape index (κ1) is 30.5. The molecule has 2 N–H and O–H groups in total. The van der Waals surface area contributed by atoms with Gasteiger partial charge in [-0.05, 0) is 68.5 Å². The smallest absolute Gasteiger partial charge is 0.251 e. The normalized spacial score (nSPS) is 17.5. The van der Waals surface area contributed by atoms with E-state index in [-0.39, 0.29) is 17.9 Å². The lowest BCUT2D eigenvalue weighted by molar-refractivity contribution is -0.130. The quantitative estimate of drug-likeness (QED) is 0.375. The molecular formula is C30H31ClF2N4O3S. The fourth-order valence-electron chi connectivity index (χ4n) is 4.55. The molecular weight excluding hydrogens is 570 g/mol.